The zero-order valence-corrected chi connectivity index (χ0v) is 12.1. The van der Waals surface area contributed by atoms with Crippen molar-refractivity contribution in [3.63, 3.8) is 0 Å². The van der Waals surface area contributed by atoms with E-state index in [1.165, 1.54) is 12.8 Å². The summed E-state index contributed by atoms with van der Waals surface area (Å²) >= 11 is 0. The molecule has 1 unspecified atom stereocenters. The largest absolute Gasteiger partial charge is 0.361 e. The number of para-hydroxylation sites is 1. The van der Waals surface area contributed by atoms with Crippen LogP contribution in [0.25, 0.3) is 10.9 Å². The molecule has 2 N–H and O–H groups in total. The molecule has 4 rings (SSSR count). The normalized spacial score (nSPS) is 22.8. The maximum Gasteiger partial charge on any atom is 0.224 e. The smallest absolute Gasteiger partial charge is 0.224 e. The van der Waals surface area contributed by atoms with Crippen LogP contribution in [-0.2, 0) is 11.2 Å². The predicted molar refractivity (Wildman–Crippen MR) is 83.1 cm³/mol. The molecular weight excluding hydrogens is 262 g/mol. The molecule has 1 saturated heterocycles. The molecule has 1 aromatic heterocycles. The predicted octanol–water partition coefficient (Wildman–Crippen LogP) is 2.06. The van der Waals surface area contributed by atoms with Crippen LogP contribution in [0.1, 0.15) is 24.8 Å². The van der Waals surface area contributed by atoms with E-state index >= 15 is 0 Å². The van der Waals surface area contributed by atoms with Crippen LogP contribution < -0.4 is 5.32 Å². The molecule has 1 saturated carbocycles. The second-order valence-electron chi connectivity index (χ2n) is 6.32. The van der Waals surface area contributed by atoms with Crippen LogP contribution in [0, 0.1) is 0 Å². The topological polar surface area (TPSA) is 48.1 Å². The summed E-state index contributed by atoms with van der Waals surface area (Å²) in [6.07, 6.45) is 6.20. The molecule has 0 bridgehead atoms. The van der Waals surface area contributed by atoms with Gasteiger partial charge in [-0.2, -0.15) is 0 Å². The van der Waals surface area contributed by atoms with Crippen molar-refractivity contribution in [2.45, 2.75) is 37.8 Å². The molecule has 110 valence electrons. The van der Waals surface area contributed by atoms with Gasteiger partial charge >= 0.3 is 0 Å². The van der Waals surface area contributed by atoms with Gasteiger partial charge in [-0.25, -0.2) is 0 Å². The van der Waals surface area contributed by atoms with Crippen LogP contribution in [0.5, 0.6) is 0 Å². The van der Waals surface area contributed by atoms with Crippen LogP contribution in [-0.4, -0.2) is 41.0 Å². The minimum absolute atomic E-state index is 0.141. The Bertz CT molecular complexity index is 659. The van der Waals surface area contributed by atoms with E-state index in [4.69, 9.17) is 0 Å². The Kier molecular flexibility index (Phi) is 3.19. The Balaban J connectivity index is 1.37. The number of carbonyl (C=O) groups excluding carboxylic acids is 1. The third-order valence-electron chi connectivity index (χ3n) is 4.67. The number of benzene rings is 1. The number of rotatable bonds is 4. The highest BCUT2D eigenvalue weighted by atomic mass is 16.1. The average molecular weight is 283 g/mol. The molecule has 1 aliphatic carbocycles. The molecule has 21 heavy (non-hydrogen) atoms. The molecule has 2 fully saturated rings. The van der Waals surface area contributed by atoms with Gasteiger partial charge in [0.2, 0.25) is 5.91 Å². The van der Waals surface area contributed by atoms with Gasteiger partial charge < -0.3 is 10.3 Å². The zero-order valence-electron chi connectivity index (χ0n) is 12.1. The Labute approximate surface area is 124 Å². The summed E-state index contributed by atoms with van der Waals surface area (Å²) in [4.78, 5) is 18.0. The highest BCUT2D eigenvalue weighted by Gasteiger charge is 2.34. The summed E-state index contributed by atoms with van der Waals surface area (Å²) in [5.74, 6) is 0.141. The summed E-state index contributed by atoms with van der Waals surface area (Å²) in [5, 5.41) is 4.35. The number of likely N-dealkylation sites (tertiary alicyclic amines) is 1. The van der Waals surface area contributed by atoms with Gasteiger partial charge in [-0.15, -0.1) is 0 Å². The summed E-state index contributed by atoms with van der Waals surface area (Å²) < 4.78 is 0. The molecular formula is C17H21N3O. The number of nitrogens with one attached hydrogen (secondary N) is 2. The lowest BCUT2D eigenvalue weighted by Crippen LogP contribution is -2.38. The summed E-state index contributed by atoms with van der Waals surface area (Å²) in [6.45, 7) is 2.17. The van der Waals surface area contributed by atoms with Crippen molar-refractivity contribution in [1.82, 2.24) is 15.2 Å². The lowest BCUT2D eigenvalue weighted by molar-refractivity contribution is -0.121. The first-order valence-electron chi connectivity index (χ1n) is 7.88. The molecule has 1 aromatic carbocycles. The number of H-pyrrole nitrogens is 1. The number of amides is 1. The van der Waals surface area contributed by atoms with Crippen molar-refractivity contribution in [2.75, 3.05) is 13.1 Å². The van der Waals surface area contributed by atoms with E-state index in [0.29, 0.717) is 12.5 Å². The third kappa shape index (κ3) is 2.68. The van der Waals surface area contributed by atoms with E-state index in [0.717, 1.165) is 42.0 Å². The fourth-order valence-corrected chi connectivity index (χ4v) is 3.41. The number of aromatic nitrogens is 1. The molecule has 2 heterocycles. The second-order valence-corrected chi connectivity index (χ2v) is 6.32. The van der Waals surface area contributed by atoms with E-state index in [2.05, 4.69) is 21.3 Å². The average Bonchev–Trinajstić information content (AvgIpc) is 3.12. The standard InChI is InChI=1S/C17H21N3O/c21-17(19-13-7-8-20(11-13)14-5-6-14)9-12-10-18-16-4-2-1-3-15(12)16/h1-4,10,13-14,18H,5-9,11H2,(H,19,21). The molecule has 2 aliphatic rings. The van der Waals surface area contributed by atoms with Gasteiger partial charge in [-0.1, -0.05) is 18.2 Å². The molecule has 4 heteroatoms. The second kappa shape index (κ2) is 5.19. The molecule has 4 nitrogen and oxygen atoms in total. The lowest BCUT2D eigenvalue weighted by Gasteiger charge is -2.15. The van der Waals surface area contributed by atoms with Gasteiger partial charge in [-0.3, -0.25) is 9.69 Å². The summed E-state index contributed by atoms with van der Waals surface area (Å²) in [5.41, 5.74) is 2.18. The fraction of sp³-hybridized carbons (Fsp3) is 0.471. The molecule has 2 aromatic rings. The molecule has 0 spiro atoms. The molecule has 1 atom stereocenters. The van der Waals surface area contributed by atoms with Gasteiger partial charge in [0.1, 0.15) is 0 Å². The van der Waals surface area contributed by atoms with Gasteiger partial charge in [0, 0.05) is 42.3 Å². The summed E-state index contributed by atoms with van der Waals surface area (Å²) in [7, 11) is 0. The first-order chi connectivity index (χ1) is 10.3. The zero-order chi connectivity index (χ0) is 14.2. The van der Waals surface area contributed by atoms with Crippen LogP contribution in [0.3, 0.4) is 0 Å². The molecule has 0 radical (unpaired) electrons. The monoisotopic (exact) mass is 283 g/mol. The maximum atomic E-state index is 12.3. The van der Waals surface area contributed by atoms with Gasteiger partial charge in [0.25, 0.3) is 0 Å². The van der Waals surface area contributed by atoms with Crippen LogP contribution >= 0.6 is 0 Å². The first kappa shape index (κ1) is 12.9. The highest BCUT2D eigenvalue weighted by Crippen LogP contribution is 2.29. The van der Waals surface area contributed by atoms with Crippen LogP contribution in [0.15, 0.2) is 30.5 Å². The van der Waals surface area contributed by atoms with Crippen molar-refractivity contribution >= 4 is 16.8 Å². The quantitative estimate of drug-likeness (QED) is 0.902. The number of fused-ring (bicyclic) bond motifs is 1. The van der Waals surface area contributed by atoms with E-state index in [-0.39, 0.29) is 5.91 Å². The van der Waals surface area contributed by atoms with Crippen LogP contribution in [0.4, 0.5) is 0 Å². The molecule has 1 amide bonds. The van der Waals surface area contributed by atoms with Gasteiger partial charge in [0.15, 0.2) is 0 Å². The van der Waals surface area contributed by atoms with Crippen molar-refractivity contribution < 1.29 is 4.79 Å². The van der Waals surface area contributed by atoms with Gasteiger partial charge in [0.05, 0.1) is 6.42 Å². The van der Waals surface area contributed by atoms with Crippen molar-refractivity contribution in [1.29, 1.82) is 0 Å². The van der Waals surface area contributed by atoms with Crippen molar-refractivity contribution in [3.05, 3.63) is 36.0 Å². The minimum Gasteiger partial charge on any atom is -0.361 e. The Morgan fingerprint density at radius 3 is 3.00 bits per heavy atom. The first-order valence-corrected chi connectivity index (χ1v) is 7.88. The van der Waals surface area contributed by atoms with E-state index < -0.39 is 0 Å². The Morgan fingerprint density at radius 2 is 2.14 bits per heavy atom. The number of hydrogen-bond donors (Lipinski definition) is 2. The van der Waals surface area contributed by atoms with Crippen molar-refractivity contribution in [3.8, 4) is 0 Å². The van der Waals surface area contributed by atoms with E-state index in [1.54, 1.807) is 0 Å². The minimum atomic E-state index is 0.141. The Morgan fingerprint density at radius 1 is 1.29 bits per heavy atom. The number of hydrogen-bond acceptors (Lipinski definition) is 2. The van der Waals surface area contributed by atoms with Crippen LogP contribution in [0.2, 0.25) is 0 Å². The third-order valence-corrected chi connectivity index (χ3v) is 4.67. The van der Waals surface area contributed by atoms with Gasteiger partial charge in [-0.05, 0) is 30.9 Å². The fourth-order valence-electron chi connectivity index (χ4n) is 3.41. The van der Waals surface area contributed by atoms with E-state index in [1.807, 2.05) is 24.4 Å². The number of aromatic amines is 1. The maximum absolute atomic E-state index is 12.3. The highest BCUT2D eigenvalue weighted by molar-refractivity contribution is 5.88. The molecule has 1 aliphatic heterocycles. The SMILES string of the molecule is O=C(Cc1c[nH]c2ccccc12)NC1CCN(C2CC2)C1. The summed E-state index contributed by atoms with van der Waals surface area (Å²) in [6, 6.07) is 9.28. The Hall–Kier alpha value is -1.81. The van der Waals surface area contributed by atoms with E-state index in [9.17, 15) is 4.79 Å². The number of nitrogens with zero attached hydrogens (tertiary/aromatic N) is 1. The number of carbonyl (C=O) groups is 1. The van der Waals surface area contributed by atoms with Crippen molar-refractivity contribution in [2.24, 2.45) is 0 Å². The lowest BCUT2D eigenvalue weighted by atomic mass is 10.1.